The standard InChI is InChI=1S/C19H17F2NO5/c1-26-16-9-12(6-7-15(16)27-19(20)21)17(23)22-10-13-5-3-2-4-11(13)8-14(22)18(24)25/h2-7,9,14,19H,8,10H2,1H3,(H,24,25). The summed E-state index contributed by atoms with van der Waals surface area (Å²) in [5.74, 6) is -1.88. The van der Waals surface area contributed by atoms with Gasteiger partial charge in [-0.05, 0) is 29.3 Å². The second kappa shape index (κ2) is 7.61. The van der Waals surface area contributed by atoms with Gasteiger partial charge in [-0.2, -0.15) is 8.78 Å². The lowest BCUT2D eigenvalue weighted by molar-refractivity contribution is -0.142. The summed E-state index contributed by atoms with van der Waals surface area (Å²) < 4.78 is 34.3. The van der Waals surface area contributed by atoms with Crippen molar-refractivity contribution in [1.82, 2.24) is 4.90 Å². The van der Waals surface area contributed by atoms with E-state index in [0.29, 0.717) is 0 Å². The van der Waals surface area contributed by atoms with Crippen molar-refractivity contribution in [1.29, 1.82) is 0 Å². The normalized spacial score (nSPS) is 16.0. The maximum Gasteiger partial charge on any atom is 0.387 e. The molecule has 6 nitrogen and oxygen atoms in total. The summed E-state index contributed by atoms with van der Waals surface area (Å²) in [5.41, 5.74) is 1.87. The molecule has 0 aromatic heterocycles. The van der Waals surface area contributed by atoms with Crippen molar-refractivity contribution in [2.45, 2.75) is 25.6 Å². The van der Waals surface area contributed by atoms with E-state index >= 15 is 0 Å². The fraction of sp³-hybridized carbons (Fsp3) is 0.263. The number of rotatable bonds is 5. The molecule has 1 N–H and O–H groups in total. The van der Waals surface area contributed by atoms with Crippen LogP contribution in [0.1, 0.15) is 21.5 Å². The lowest BCUT2D eigenvalue weighted by Gasteiger charge is -2.34. The van der Waals surface area contributed by atoms with Crippen molar-refractivity contribution in [2.24, 2.45) is 0 Å². The quantitative estimate of drug-likeness (QED) is 0.867. The number of ether oxygens (including phenoxy) is 2. The highest BCUT2D eigenvalue weighted by Crippen LogP contribution is 2.31. The molecule has 27 heavy (non-hydrogen) atoms. The summed E-state index contributed by atoms with van der Waals surface area (Å²) in [5, 5.41) is 9.55. The van der Waals surface area contributed by atoms with Gasteiger partial charge < -0.3 is 19.5 Å². The maximum atomic E-state index is 12.9. The SMILES string of the molecule is COc1cc(C(=O)N2Cc3ccccc3CC2C(=O)O)ccc1OC(F)F. The van der Waals surface area contributed by atoms with E-state index < -0.39 is 24.5 Å². The number of amides is 1. The van der Waals surface area contributed by atoms with Crippen LogP contribution in [0.25, 0.3) is 0 Å². The molecule has 2 aromatic rings. The Labute approximate surface area is 153 Å². The van der Waals surface area contributed by atoms with Crippen LogP contribution in [0.15, 0.2) is 42.5 Å². The molecule has 3 rings (SSSR count). The highest BCUT2D eigenvalue weighted by molar-refractivity contribution is 5.97. The minimum atomic E-state index is -3.03. The van der Waals surface area contributed by atoms with Gasteiger partial charge in [0, 0.05) is 18.5 Å². The Kier molecular flexibility index (Phi) is 5.25. The third-order valence-electron chi connectivity index (χ3n) is 4.42. The predicted molar refractivity (Wildman–Crippen MR) is 91.1 cm³/mol. The van der Waals surface area contributed by atoms with Gasteiger partial charge in [-0.15, -0.1) is 0 Å². The van der Waals surface area contributed by atoms with Gasteiger partial charge in [0.05, 0.1) is 7.11 Å². The van der Waals surface area contributed by atoms with Crippen LogP contribution in [0.5, 0.6) is 11.5 Å². The van der Waals surface area contributed by atoms with Crippen LogP contribution >= 0.6 is 0 Å². The van der Waals surface area contributed by atoms with E-state index in [9.17, 15) is 23.5 Å². The molecule has 1 heterocycles. The molecule has 1 atom stereocenters. The molecule has 0 fully saturated rings. The number of methoxy groups -OCH3 is 1. The molecule has 0 aliphatic carbocycles. The molecule has 8 heteroatoms. The average molecular weight is 377 g/mol. The molecule has 0 saturated carbocycles. The molecule has 0 spiro atoms. The fourth-order valence-electron chi connectivity index (χ4n) is 3.12. The first-order valence-electron chi connectivity index (χ1n) is 8.14. The molecule has 1 amide bonds. The summed E-state index contributed by atoms with van der Waals surface area (Å²) in [4.78, 5) is 25.9. The molecule has 2 aromatic carbocycles. The number of carboxylic acids is 1. The number of fused-ring (bicyclic) bond motifs is 1. The number of hydrogen-bond donors (Lipinski definition) is 1. The Balaban J connectivity index is 1.93. The summed E-state index contributed by atoms with van der Waals surface area (Å²) >= 11 is 0. The van der Waals surface area contributed by atoms with Crippen LogP contribution in [0.4, 0.5) is 8.78 Å². The fourth-order valence-corrected chi connectivity index (χ4v) is 3.12. The van der Waals surface area contributed by atoms with E-state index in [1.54, 1.807) is 0 Å². The van der Waals surface area contributed by atoms with Crippen molar-refractivity contribution < 1.29 is 33.0 Å². The molecular weight excluding hydrogens is 360 g/mol. The van der Waals surface area contributed by atoms with Gasteiger partial charge >= 0.3 is 12.6 Å². The van der Waals surface area contributed by atoms with E-state index in [2.05, 4.69) is 4.74 Å². The molecule has 0 saturated heterocycles. The summed E-state index contributed by atoms with van der Waals surface area (Å²) in [6.07, 6.45) is 0.195. The summed E-state index contributed by atoms with van der Waals surface area (Å²) in [7, 11) is 1.26. The second-order valence-corrected chi connectivity index (χ2v) is 6.00. The monoisotopic (exact) mass is 377 g/mol. The van der Waals surface area contributed by atoms with E-state index in [-0.39, 0.29) is 30.0 Å². The topological polar surface area (TPSA) is 76.1 Å². The Morgan fingerprint density at radius 3 is 2.48 bits per heavy atom. The van der Waals surface area contributed by atoms with Gasteiger partial charge in [0.1, 0.15) is 6.04 Å². The lowest BCUT2D eigenvalue weighted by Crippen LogP contribution is -2.48. The summed E-state index contributed by atoms with van der Waals surface area (Å²) in [6.45, 7) is -2.89. The number of carboxylic acid groups (broad SMARTS) is 1. The highest BCUT2D eigenvalue weighted by Gasteiger charge is 2.35. The Bertz CT molecular complexity index is 871. The zero-order valence-electron chi connectivity index (χ0n) is 14.4. The molecule has 0 radical (unpaired) electrons. The van der Waals surface area contributed by atoms with E-state index in [1.807, 2.05) is 24.3 Å². The van der Waals surface area contributed by atoms with Crippen LogP contribution < -0.4 is 9.47 Å². The van der Waals surface area contributed by atoms with Crippen molar-refractivity contribution >= 4 is 11.9 Å². The van der Waals surface area contributed by atoms with E-state index in [1.165, 1.54) is 30.2 Å². The number of nitrogens with zero attached hydrogens (tertiary/aromatic N) is 1. The number of halogens is 2. The maximum absolute atomic E-state index is 12.9. The van der Waals surface area contributed by atoms with Gasteiger partial charge in [-0.1, -0.05) is 24.3 Å². The lowest BCUT2D eigenvalue weighted by atomic mass is 9.93. The number of aliphatic carboxylic acids is 1. The van der Waals surface area contributed by atoms with Crippen molar-refractivity contribution in [2.75, 3.05) is 7.11 Å². The van der Waals surface area contributed by atoms with Crippen LogP contribution in [-0.4, -0.2) is 41.6 Å². The smallest absolute Gasteiger partial charge is 0.387 e. The first kappa shape index (κ1) is 18.6. The van der Waals surface area contributed by atoms with Crippen LogP contribution in [0, 0.1) is 0 Å². The van der Waals surface area contributed by atoms with Gasteiger partial charge in [0.15, 0.2) is 11.5 Å². The van der Waals surface area contributed by atoms with Crippen molar-refractivity contribution in [3.05, 3.63) is 59.2 Å². The van der Waals surface area contributed by atoms with Crippen molar-refractivity contribution in [3.63, 3.8) is 0 Å². The Morgan fingerprint density at radius 1 is 1.15 bits per heavy atom. The minimum Gasteiger partial charge on any atom is -0.493 e. The zero-order valence-corrected chi connectivity index (χ0v) is 14.4. The molecule has 0 bridgehead atoms. The summed E-state index contributed by atoms with van der Waals surface area (Å²) in [6, 6.07) is 10.1. The van der Waals surface area contributed by atoms with Crippen LogP contribution in [0.3, 0.4) is 0 Å². The third kappa shape index (κ3) is 3.84. The zero-order chi connectivity index (χ0) is 19.6. The van der Waals surface area contributed by atoms with Crippen LogP contribution in [0.2, 0.25) is 0 Å². The molecular formula is C19H17F2NO5. The van der Waals surface area contributed by atoms with E-state index in [0.717, 1.165) is 11.1 Å². The molecule has 1 unspecified atom stereocenters. The Morgan fingerprint density at radius 2 is 1.85 bits per heavy atom. The van der Waals surface area contributed by atoms with Gasteiger partial charge in [0.25, 0.3) is 5.91 Å². The van der Waals surface area contributed by atoms with Gasteiger partial charge in [0.2, 0.25) is 0 Å². The van der Waals surface area contributed by atoms with Gasteiger partial charge in [-0.25, -0.2) is 4.79 Å². The number of carbonyl (C=O) groups is 2. The largest absolute Gasteiger partial charge is 0.493 e. The third-order valence-corrected chi connectivity index (χ3v) is 4.42. The van der Waals surface area contributed by atoms with Crippen molar-refractivity contribution in [3.8, 4) is 11.5 Å². The first-order valence-corrected chi connectivity index (χ1v) is 8.14. The van der Waals surface area contributed by atoms with E-state index in [4.69, 9.17) is 4.74 Å². The molecule has 142 valence electrons. The molecule has 1 aliphatic rings. The number of hydrogen-bond acceptors (Lipinski definition) is 4. The minimum absolute atomic E-state index is 0.0366. The second-order valence-electron chi connectivity index (χ2n) is 6.00. The highest BCUT2D eigenvalue weighted by atomic mass is 19.3. The average Bonchev–Trinajstić information content (AvgIpc) is 2.66. The molecule has 1 aliphatic heterocycles. The first-order chi connectivity index (χ1) is 12.9. The Hall–Kier alpha value is -3.16. The predicted octanol–water partition coefficient (Wildman–Crippen LogP) is 2.95. The van der Waals surface area contributed by atoms with Crippen LogP contribution in [-0.2, 0) is 17.8 Å². The number of carbonyl (C=O) groups excluding carboxylic acids is 1. The number of benzene rings is 2. The van der Waals surface area contributed by atoms with Gasteiger partial charge in [-0.3, -0.25) is 4.79 Å². The number of alkyl halides is 2.